The Balaban J connectivity index is 1.75. The van der Waals surface area contributed by atoms with Crippen LogP contribution in [0, 0.1) is 0 Å². The van der Waals surface area contributed by atoms with Crippen molar-refractivity contribution >= 4 is 17.5 Å². The van der Waals surface area contributed by atoms with E-state index in [0.29, 0.717) is 0 Å². The zero-order chi connectivity index (χ0) is 24.1. The fourth-order valence-electron chi connectivity index (χ4n) is 5.02. The number of benzene rings is 1. The Morgan fingerprint density at radius 2 is 1.65 bits per heavy atom. The number of nitrogens with one attached hydrogen (secondary N) is 1. The van der Waals surface area contributed by atoms with Gasteiger partial charge in [0.1, 0.15) is 6.04 Å². The van der Waals surface area contributed by atoms with E-state index in [1.165, 1.54) is 12.0 Å². The third kappa shape index (κ3) is 5.57. The first kappa shape index (κ1) is 24.2. The molecule has 0 aliphatic heterocycles. The van der Waals surface area contributed by atoms with Gasteiger partial charge in [-0.3, -0.25) is 19.5 Å². The highest BCUT2D eigenvalue weighted by Crippen LogP contribution is 2.34. The predicted molar refractivity (Wildman–Crippen MR) is 137 cm³/mol. The standard InChI is InChI=1S/C29H37N3O2/c1-29(2,3)23-13-15-25(16-14-23)32(28(34)22-9-7-8-10-22)26(21-17-19-30-20-18-21)27(33)31-24-11-5-4-6-12-24/h9,13-20,24,26H,4-8,10-12H2,1-3H3,(H,31,33). The van der Waals surface area contributed by atoms with E-state index in [9.17, 15) is 9.59 Å². The van der Waals surface area contributed by atoms with Crippen molar-refractivity contribution in [3.63, 3.8) is 0 Å². The van der Waals surface area contributed by atoms with Gasteiger partial charge in [0.15, 0.2) is 0 Å². The number of anilines is 1. The van der Waals surface area contributed by atoms with Crippen molar-refractivity contribution in [2.24, 2.45) is 0 Å². The van der Waals surface area contributed by atoms with Gasteiger partial charge in [-0.05, 0) is 72.9 Å². The highest BCUT2D eigenvalue weighted by molar-refractivity contribution is 6.10. The SMILES string of the molecule is CC(C)(C)c1ccc(N(C(=O)C2=CCCC2)C(C(=O)NC2CCCCC2)c2ccncc2)cc1. The number of hydrogen-bond acceptors (Lipinski definition) is 3. The van der Waals surface area contributed by atoms with Gasteiger partial charge in [0.25, 0.3) is 5.91 Å². The third-order valence-corrected chi connectivity index (χ3v) is 7.03. The van der Waals surface area contributed by atoms with Gasteiger partial charge in [-0.15, -0.1) is 0 Å². The molecule has 2 aliphatic carbocycles. The fraction of sp³-hybridized carbons (Fsp3) is 0.483. The Morgan fingerprint density at radius 3 is 2.24 bits per heavy atom. The van der Waals surface area contributed by atoms with Crippen LogP contribution in [-0.4, -0.2) is 22.8 Å². The van der Waals surface area contributed by atoms with Crippen molar-refractivity contribution in [2.45, 2.75) is 89.6 Å². The summed E-state index contributed by atoms with van der Waals surface area (Å²) in [6.07, 6.45) is 13.5. The predicted octanol–water partition coefficient (Wildman–Crippen LogP) is 6.01. The van der Waals surface area contributed by atoms with Crippen LogP contribution < -0.4 is 10.2 Å². The number of carbonyl (C=O) groups excluding carboxylic acids is 2. The molecular weight excluding hydrogens is 422 g/mol. The van der Waals surface area contributed by atoms with Crippen LogP contribution in [0.4, 0.5) is 5.69 Å². The van der Waals surface area contributed by atoms with Crippen LogP contribution >= 0.6 is 0 Å². The number of rotatable bonds is 6. The number of nitrogens with zero attached hydrogens (tertiary/aromatic N) is 2. The average molecular weight is 460 g/mol. The van der Waals surface area contributed by atoms with Gasteiger partial charge < -0.3 is 5.32 Å². The maximum absolute atomic E-state index is 13.9. The summed E-state index contributed by atoms with van der Waals surface area (Å²) in [5.74, 6) is -0.202. The van der Waals surface area contributed by atoms with Crippen molar-refractivity contribution in [2.75, 3.05) is 4.90 Å². The topological polar surface area (TPSA) is 62.3 Å². The first-order valence-corrected chi connectivity index (χ1v) is 12.7. The molecule has 1 atom stereocenters. The number of amides is 2. The van der Waals surface area contributed by atoms with Gasteiger partial charge in [0, 0.05) is 29.7 Å². The maximum Gasteiger partial charge on any atom is 0.254 e. The first-order chi connectivity index (χ1) is 16.3. The second-order valence-electron chi connectivity index (χ2n) is 10.6. The Kier molecular flexibility index (Phi) is 7.50. The molecular formula is C29H37N3O2. The quantitative estimate of drug-likeness (QED) is 0.575. The van der Waals surface area contributed by atoms with Crippen LogP contribution in [0.5, 0.6) is 0 Å². The van der Waals surface area contributed by atoms with Crippen LogP contribution in [-0.2, 0) is 15.0 Å². The van der Waals surface area contributed by atoms with Gasteiger partial charge in [-0.1, -0.05) is 58.2 Å². The molecule has 1 saturated carbocycles. The number of pyridine rings is 1. The minimum Gasteiger partial charge on any atom is -0.351 e. The highest BCUT2D eigenvalue weighted by Gasteiger charge is 2.35. The van der Waals surface area contributed by atoms with Crippen LogP contribution in [0.1, 0.15) is 89.3 Å². The van der Waals surface area contributed by atoms with Crippen molar-refractivity contribution in [1.29, 1.82) is 0 Å². The number of hydrogen-bond donors (Lipinski definition) is 1. The molecule has 0 saturated heterocycles. The van der Waals surface area contributed by atoms with E-state index < -0.39 is 6.04 Å². The number of allylic oxidation sites excluding steroid dienone is 1. The molecule has 0 radical (unpaired) electrons. The zero-order valence-electron chi connectivity index (χ0n) is 20.7. The molecule has 5 heteroatoms. The normalized spacial score (nSPS) is 17.7. The minimum absolute atomic E-state index is 0.00417. The monoisotopic (exact) mass is 459 g/mol. The molecule has 1 N–H and O–H groups in total. The second-order valence-corrected chi connectivity index (χ2v) is 10.6. The van der Waals surface area contributed by atoms with Crippen LogP contribution in [0.15, 0.2) is 60.4 Å². The van der Waals surface area contributed by atoms with Crippen molar-refractivity contribution in [3.8, 4) is 0 Å². The summed E-state index contributed by atoms with van der Waals surface area (Å²) in [5, 5.41) is 3.28. The molecule has 2 amide bonds. The van der Waals surface area contributed by atoms with E-state index in [2.05, 4.69) is 43.2 Å². The Labute approximate surface area is 203 Å². The molecule has 0 bridgehead atoms. The van der Waals surface area contributed by atoms with Crippen molar-refractivity contribution in [1.82, 2.24) is 10.3 Å². The van der Waals surface area contributed by atoms with E-state index in [1.54, 1.807) is 17.3 Å². The highest BCUT2D eigenvalue weighted by atomic mass is 16.2. The summed E-state index contributed by atoms with van der Waals surface area (Å²) in [5.41, 5.74) is 3.51. The fourth-order valence-corrected chi connectivity index (χ4v) is 5.02. The summed E-state index contributed by atoms with van der Waals surface area (Å²) >= 11 is 0. The summed E-state index contributed by atoms with van der Waals surface area (Å²) in [6, 6.07) is 11.2. The molecule has 1 aromatic heterocycles. The van der Waals surface area contributed by atoms with Crippen molar-refractivity contribution in [3.05, 3.63) is 71.6 Å². The average Bonchev–Trinajstić information content (AvgIpc) is 3.38. The van der Waals surface area contributed by atoms with Crippen LogP contribution in [0.3, 0.4) is 0 Å². The Bertz CT molecular complexity index is 1020. The molecule has 34 heavy (non-hydrogen) atoms. The Hall–Kier alpha value is -2.95. The van der Waals surface area contributed by atoms with E-state index in [1.807, 2.05) is 30.3 Å². The smallest absolute Gasteiger partial charge is 0.254 e. The van der Waals surface area contributed by atoms with Gasteiger partial charge in [0.05, 0.1) is 0 Å². The van der Waals surface area contributed by atoms with Gasteiger partial charge in [-0.25, -0.2) is 0 Å². The largest absolute Gasteiger partial charge is 0.351 e. The summed E-state index contributed by atoms with van der Waals surface area (Å²) in [6.45, 7) is 6.52. The molecule has 2 aromatic rings. The first-order valence-electron chi connectivity index (χ1n) is 12.7. The summed E-state index contributed by atoms with van der Waals surface area (Å²) in [4.78, 5) is 33.6. The molecule has 1 fully saturated rings. The summed E-state index contributed by atoms with van der Waals surface area (Å²) in [7, 11) is 0. The summed E-state index contributed by atoms with van der Waals surface area (Å²) < 4.78 is 0. The molecule has 0 spiro atoms. The molecule has 180 valence electrons. The molecule has 1 heterocycles. The van der Waals surface area contributed by atoms with E-state index in [0.717, 1.165) is 61.8 Å². The van der Waals surface area contributed by atoms with E-state index in [-0.39, 0.29) is 23.3 Å². The maximum atomic E-state index is 13.9. The van der Waals surface area contributed by atoms with E-state index in [4.69, 9.17) is 0 Å². The molecule has 4 rings (SSSR count). The third-order valence-electron chi connectivity index (χ3n) is 7.03. The van der Waals surface area contributed by atoms with E-state index >= 15 is 0 Å². The lowest BCUT2D eigenvalue weighted by atomic mass is 9.87. The zero-order valence-corrected chi connectivity index (χ0v) is 20.7. The molecule has 1 aromatic carbocycles. The lowest BCUT2D eigenvalue weighted by Crippen LogP contribution is -2.47. The Morgan fingerprint density at radius 1 is 0.971 bits per heavy atom. The number of aromatic nitrogens is 1. The van der Waals surface area contributed by atoms with Gasteiger partial charge in [-0.2, -0.15) is 0 Å². The van der Waals surface area contributed by atoms with Crippen molar-refractivity contribution < 1.29 is 9.59 Å². The molecule has 1 unspecified atom stereocenters. The lowest BCUT2D eigenvalue weighted by Gasteiger charge is -2.34. The lowest BCUT2D eigenvalue weighted by molar-refractivity contribution is -0.126. The molecule has 2 aliphatic rings. The van der Waals surface area contributed by atoms with Crippen LogP contribution in [0.2, 0.25) is 0 Å². The minimum atomic E-state index is -0.751. The van der Waals surface area contributed by atoms with Gasteiger partial charge in [0.2, 0.25) is 5.91 Å². The second kappa shape index (κ2) is 10.5. The molecule has 5 nitrogen and oxygen atoms in total. The van der Waals surface area contributed by atoms with Gasteiger partial charge >= 0.3 is 0 Å². The number of carbonyl (C=O) groups is 2. The van der Waals surface area contributed by atoms with Crippen LogP contribution in [0.25, 0.3) is 0 Å².